The molecule has 0 saturated carbocycles. The Bertz CT molecular complexity index is 2550. The Labute approximate surface area is 450 Å². The maximum Gasteiger partial charge on any atom is 0.310 e. The number of carbonyl (C=O) groups excluding carboxylic acids is 4. The number of aliphatic carboxylic acids is 2. The van der Waals surface area contributed by atoms with Crippen molar-refractivity contribution in [2.24, 2.45) is 0 Å². The Morgan fingerprint density at radius 1 is 0.434 bits per heavy atom. The molecule has 0 heterocycles. The van der Waals surface area contributed by atoms with Crippen molar-refractivity contribution in [2.75, 3.05) is 26.4 Å². The molecule has 0 aliphatic carbocycles. The first kappa shape index (κ1) is 62.0. The van der Waals surface area contributed by atoms with E-state index in [1.165, 1.54) is 0 Å². The van der Waals surface area contributed by atoms with Gasteiger partial charge in [0.1, 0.15) is 24.3 Å². The van der Waals surface area contributed by atoms with Gasteiger partial charge in [0.25, 0.3) is 37.5 Å². The lowest BCUT2D eigenvalue weighted by Crippen LogP contribution is -2.39. The smallest absolute Gasteiger partial charge is 0.310 e. The SMILES string of the molecule is CCCOc1ccc(/C(=C(/Cl)c2ccccc2)c2ccccc2)cc1.CCCOc1ccc(/C(=C(\Cl)c2ccccc2)c2ccccc2)cc1.O=COCC(O)(CC(=O)O)OC=O.O=COCC(O)(CC(=O)O)OC=O. The van der Waals surface area contributed by atoms with Crippen molar-refractivity contribution >= 4 is 82.2 Å². The first-order valence-electron chi connectivity index (χ1n) is 23.4. The van der Waals surface area contributed by atoms with Gasteiger partial charge in [-0.2, -0.15) is 0 Å². The van der Waals surface area contributed by atoms with E-state index >= 15 is 0 Å². The molecule has 2 atom stereocenters. The average molecular weight is 1080 g/mol. The van der Waals surface area contributed by atoms with E-state index in [0.29, 0.717) is 0 Å². The largest absolute Gasteiger partial charge is 0.494 e. The summed E-state index contributed by atoms with van der Waals surface area (Å²) in [6, 6.07) is 56.9. The molecule has 0 saturated heterocycles. The molecule has 16 nitrogen and oxygen atoms in total. The van der Waals surface area contributed by atoms with Crippen molar-refractivity contribution < 1.29 is 77.6 Å². The third-order valence-electron chi connectivity index (χ3n) is 9.99. The van der Waals surface area contributed by atoms with E-state index in [4.69, 9.17) is 42.9 Å². The number of rotatable bonds is 26. The quantitative estimate of drug-likeness (QED) is 0.0171. The minimum absolute atomic E-state index is 0.000976. The van der Waals surface area contributed by atoms with E-state index in [2.05, 4.69) is 81.3 Å². The predicted molar refractivity (Wildman–Crippen MR) is 286 cm³/mol. The number of carboxylic acid groups (broad SMARTS) is 2. The molecule has 0 aliphatic rings. The Hall–Kier alpha value is -8.28. The molecule has 6 rings (SSSR count). The van der Waals surface area contributed by atoms with Gasteiger partial charge in [0, 0.05) is 11.1 Å². The van der Waals surface area contributed by atoms with Crippen LogP contribution in [0.2, 0.25) is 0 Å². The van der Waals surface area contributed by atoms with Gasteiger partial charge in [-0.3, -0.25) is 28.8 Å². The van der Waals surface area contributed by atoms with Crippen LogP contribution >= 0.6 is 23.2 Å². The summed E-state index contributed by atoms with van der Waals surface area (Å²) in [5.74, 6) is -5.61. The number of carbonyl (C=O) groups is 6. The molecule has 2 unspecified atom stereocenters. The molecular formula is C58H58Cl2O16. The summed E-state index contributed by atoms with van der Waals surface area (Å²) < 4.78 is 27.6. The average Bonchev–Trinajstić information content (AvgIpc) is 3.43. The van der Waals surface area contributed by atoms with Crippen LogP contribution in [0.4, 0.5) is 0 Å². The number of hydrogen-bond donors (Lipinski definition) is 4. The molecule has 4 N–H and O–H groups in total. The maximum absolute atomic E-state index is 10.2. The number of hydrogen-bond acceptors (Lipinski definition) is 14. The Morgan fingerprint density at radius 3 is 0.961 bits per heavy atom. The zero-order valence-electron chi connectivity index (χ0n) is 41.6. The van der Waals surface area contributed by atoms with Crippen LogP contribution in [0, 0.1) is 0 Å². The third-order valence-corrected chi connectivity index (χ3v) is 10.8. The highest BCUT2D eigenvalue weighted by Crippen LogP contribution is 2.37. The lowest BCUT2D eigenvalue weighted by atomic mass is 9.95. The van der Waals surface area contributed by atoms with Crippen LogP contribution in [0.25, 0.3) is 21.2 Å². The van der Waals surface area contributed by atoms with Gasteiger partial charge in [0.2, 0.25) is 0 Å². The van der Waals surface area contributed by atoms with E-state index in [9.17, 15) is 39.0 Å². The summed E-state index contributed by atoms with van der Waals surface area (Å²) in [6.45, 7) is 3.96. The van der Waals surface area contributed by atoms with Crippen molar-refractivity contribution in [3.63, 3.8) is 0 Å². The number of carboxylic acids is 2. The van der Waals surface area contributed by atoms with Gasteiger partial charge in [0.15, 0.2) is 13.2 Å². The van der Waals surface area contributed by atoms with Crippen molar-refractivity contribution in [1.29, 1.82) is 0 Å². The molecule has 400 valence electrons. The molecule has 6 aromatic carbocycles. The van der Waals surface area contributed by atoms with E-state index < -0.39 is 49.6 Å². The molecule has 0 fully saturated rings. The summed E-state index contributed by atoms with van der Waals surface area (Å²) >= 11 is 13.6. The van der Waals surface area contributed by atoms with Crippen molar-refractivity contribution in [3.05, 3.63) is 203 Å². The highest BCUT2D eigenvalue weighted by molar-refractivity contribution is 6.53. The molecule has 18 heteroatoms. The monoisotopic (exact) mass is 1080 g/mol. The number of aliphatic hydroxyl groups is 2. The fourth-order valence-electron chi connectivity index (χ4n) is 6.62. The second kappa shape index (κ2) is 34.3. The van der Waals surface area contributed by atoms with Gasteiger partial charge in [-0.1, -0.05) is 183 Å². The summed E-state index contributed by atoms with van der Waals surface area (Å²) in [6.07, 6.45) is 0.271. The summed E-state index contributed by atoms with van der Waals surface area (Å²) in [5, 5.41) is 36.4. The van der Waals surface area contributed by atoms with Crippen molar-refractivity contribution in [2.45, 2.75) is 51.1 Å². The molecule has 6 aromatic rings. The highest BCUT2D eigenvalue weighted by Gasteiger charge is 2.34. The van der Waals surface area contributed by atoms with E-state index in [1.807, 2.05) is 121 Å². The van der Waals surface area contributed by atoms with Crippen molar-refractivity contribution in [1.82, 2.24) is 0 Å². The van der Waals surface area contributed by atoms with E-state index in [0.717, 1.165) is 92.1 Å². The molecular weight excluding hydrogens is 1020 g/mol. The molecule has 0 radical (unpaired) electrons. The van der Waals surface area contributed by atoms with Gasteiger partial charge in [-0.05, 0) is 70.5 Å². The number of benzene rings is 6. The van der Waals surface area contributed by atoms with Crippen LogP contribution in [0.5, 0.6) is 11.5 Å². The lowest BCUT2D eigenvalue weighted by Gasteiger charge is -2.22. The van der Waals surface area contributed by atoms with Crippen LogP contribution in [0.15, 0.2) is 170 Å². The standard InChI is InChI=1S/2C23H21ClO.2C6H8O7/c2*1-2-17-25-21-15-13-19(14-16-21)22(18-9-5-3-6-10-18)23(24)20-11-7-4-8-12-20;2*7-3-12-2-6(11,13-4-8)1-5(9)10/h2*3-16H,2,17H2,1H3;2*3-4,11H,1-2H2,(H,9,10)/b23-22+;23-22-;;. The molecule has 0 bridgehead atoms. The zero-order chi connectivity index (χ0) is 55.6. The predicted octanol–water partition coefficient (Wildman–Crippen LogP) is 10.3. The van der Waals surface area contributed by atoms with E-state index in [1.54, 1.807) is 0 Å². The third kappa shape index (κ3) is 22.1. The topological polar surface area (TPSA) is 239 Å². The number of ether oxygens (including phenoxy) is 6. The van der Waals surface area contributed by atoms with Crippen LogP contribution in [-0.2, 0) is 47.7 Å². The molecule has 76 heavy (non-hydrogen) atoms. The fraction of sp³-hybridized carbons (Fsp3) is 0.207. The summed E-state index contributed by atoms with van der Waals surface area (Å²) in [4.78, 5) is 59.4. The number of halogens is 2. The second-order valence-corrected chi connectivity index (χ2v) is 16.6. The molecule has 0 amide bonds. The first-order valence-corrected chi connectivity index (χ1v) is 24.1. The zero-order valence-corrected chi connectivity index (χ0v) is 43.1. The Morgan fingerprint density at radius 2 is 0.711 bits per heavy atom. The normalized spacial score (nSPS) is 12.5. The van der Waals surface area contributed by atoms with Gasteiger partial charge < -0.3 is 48.8 Å². The first-order chi connectivity index (χ1) is 36.7. The molecule has 0 aromatic heterocycles. The summed E-state index contributed by atoms with van der Waals surface area (Å²) in [7, 11) is 0. The van der Waals surface area contributed by atoms with Gasteiger partial charge in [-0.15, -0.1) is 0 Å². The lowest BCUT2D eigenvalue weighted by molar-refractivity contribution is -0.221. The minimum Gasteiger partial charge on any atom is -0.494 e. The van der Waals surface area contributed by atoms with Gasteiger partial charge >= 0.3 is 11.9 Å². The molecule has 0 spiro atoms. The van der Waals surface area contributed by atoms with Crippen molar-refractivity contribution in [3.8, 4) is 11.5 Å². The van der Waals surface area contributed by atoms with Crippen LogP contribution < -0.4 is 9.47 Å². The fourth-order valence-corrected chi connectivity index (χ4v) is 7.31. The Balaban J connectivity index is 0.000000281. The van der Waals surface area contributed by atoms with Crippen LogP contribution in [0.3, 0.4) is 0 Å². The van der Waals surface area contributed by atoms with E-state index in [-0.39, 0.29) is 25.9 Å². The summed E-state index contributed by atoms with van der Waals surface area (Å²) in [5.41, 5.74) is 8.40. The molecule has 0 aliphatic heterocycles. The van der Waals surface area contributed by atoms with Crippen LogP contribution in [0.1, 0.15) is 72.9 Å². The minimum atomic E-state index is -2.30. The van der Waals surface area contributed by atoms with Crippen LogP contribution in [-0.4, -0.2) is 96.3 Å². The second-order valence-electron chi connectivity index (χ2n) is 15.9. The Kier molecular flexibility index (Phi) is 28.0. The van der Waals surface area contributed by atoms with Gasteiger partial charge in [-0.25, -0.2) is 0 Å². The highest BCUT2D eigenvalue weighted by atomic mass is 35.5. The maximum atomic E-state index is 10.2. The van der Waals surface area contributed by atoms with Gasteiger partial charge in [0.05, 0.1) is 23.3 Å².